The van der Waals surface area contributed by atoms with Crippen molar-refractivity contribution >= 4 is 5.91 Å². The third-order valence-corrected chi connectivity index (χ3v) is 2.66. The van der Waals surface area contributed by atoms with Gasteiger partial charge in [0.15, 0.2) is 0 Å². The fourth-order valence-electron chi connectivity index (χ4n) is 1.39. The predicted molar refractivity (Wildman–Crippen MR) is 67.9 cm³/mol. The molecule has 0 spiro atoms. The molecule has 94 valence electrons. The SMILES string of the molecule is Cc1ccc(C(C)C)cc1OCC(N)C(N)=O. The van der Waals surface area contributed by atoms with Crippen LogP contribution in [0, 0.1) is 6.92 Å². The standard InChI is InChI=1S/C13H20N2O2/c1-8(2)10-5-4-9(3)12(6-10)17-7-11(14)13(15)16/h4-6,8,11H,7,14H2,1-3H3,(H2,15,16). The number of nitrogens with two attached hydrogens (primary N) is 2. The lowest BCUT2D eigenvalue weighted by molar-refractivity contribution is -0.119. The lowest BCUT2D eigenvalue weighted by Gasteiger charge is -2.14. The van der Waals surface area contributed by atoms with Crippen LogP contribution < -0.4 is 16.2 Å². The van der Waals surface area contributed by atoms with E-state index in [1.54, 1.807) is 0 Å². The second-order valence-electron chi connectivity index (χ2n) is 4.50. The molecule has 0 heterocycles. The van der Waals surface area contributed by atoms with Crippen molar-refractivity contribution in [3.05, 3.63) is 29.3 Å². The van der Waals surface area contributed by atoms with E-state index in [9.17, 15) is 4.79 Å². The molecule has 0 bridgehead atoms. The Morgan fingerprint density at radius 1 is 1.41 bits per heavy atom. The second-order valence-corrected chi connectivity index (χ2v) is 4.50. The van der Waals surface area contributed by atoms with Gasteiger partial charge in [0, 0.05) is 0 Å². The maximum absolute atomic E-state index is 10.8. The molecule has 4 nitrogen and oxygen atoms in total. The van der Waals surface area contributed by atoms with Crippen LogP contribution in [0.1, 0.15) is 30.9 Å². The third-order valence-electron chi connectivity index (χ3n) is 2.66. The van der Waals surface area contributed by atoms with E-state index in [4.69, 9.17) is 16.2 Å². The van der Waals surface area contributed by atoms with Gasteiger partial charge in [0.25, 0.3) is 0 Å². The molecule has 17 heavy (non-hydrogen) atoms. The van der Waals surface area contributed by atoms with Crippen molar-refractivity contribution in [1.82, 2.24) is 0 Å². The molecule has 1 amide bonds. The first-order chi connectivity index (χ1) is 7.91. The molecule has 4 heteroatoms. The molecular formula is C13H20N2O2. The Balaban J connectivity index is 2.76. The van der Waals surface area contributed by atoms with E-state index in [0.717, 1.165) is 11.3 Å². The quantitative estimate of drug-likeness (QED) is 0.809. The number of hydrogen-bond donors (Lipinski definition) is 2. The summed E-state index contributed by atoms with van der Waals surface area (Å²) < 4.78 is 5.52. The topological polar surface area (TPSA) is 78.3 Å². The number of carbonyl (C=O) groups excluding carboxylic acids is 1. The van der Waals surface area contributed by atoms with Crippen molar-refractivity contribution < 1.29 is 9.53 Å². The summed E-state index contributed by atoms with van der Waals surface area (Å²) >= 11 is 0. The van der Waals surface area contributed by atoms with Crippen LogP contribution in [-0.4, -0.2) is 18.6 Å². The van der Waals surface area contributed by atoms with Gasteiger partial charge in [-0.05, 0) is 30.0 Å². The summed E-state index contributed by atoms with van der Waals surface area (Å²) in [4.78, 5) is 10.8. The van der Waals surface area contributed by atoms with E-state index >= 15 is 0 Å². The van der Waals surface area contributed by atoms with E-state index in [0.29, 0.717) is 5.92 Å². The Hall–Kier alpha value is -1.55. The first-order valence-electron chi connectivity index (χ1n) is 5.70. The van der Waals surface area contributed by atoms with Gasteiger partial charge in [0.2, 0.25) is 5.91 Å². The zero-order valence-corrected chi connectivity index (χ0v) is 10.6. The van der Waals surface area contributed by atoms with E-state index < -0.39 is 11.9 Å². The van der Waals surface area contributed by atoms with Gasteiger partial charge >= 0.3 is 0 Å². The van der Waals surface area contributed by atoms with Crippen LogP contribution in [0.2, 0.25) is 0 Å². The van der Waals surface area contributed by atoms with Gasteiger partial charge in [0.05, 0.1) is 0 Å². The fourth-order valence-corrected chi connectivity index (χ4v) is 1.39. The Kier molecular flexibility index (Phi) is 4.52. The molecule has 1 unspecified atom stereocenters. The van der Waals surface area contributed by atoms with Crippen molar-refractivity contribution in [2.24, 2.45) is 11.5 Å². The number of hydrogen-bond acceptors (Lipinski definition) is 3. The van der Waals surface area contributed by atoms with Gasteiger partial charge in [-0.3, -0.25) is 4.79 Å². The average Bonchev–Trinajstić information content (AvgIpc) is 2.26. The van der Waals surface area contributed by atoms with Crippen molar-refractivity contribution in [1.29, 1.82) is 0 Å². The van der Waals surface area contributed by atoms with Crippen molar-refractivity contribution in [3.8, 4) is 5.75 Å². The highest BCUT2D eigenvalue weighted by atomic mass is 16.5. The molecule has 0 fully saturated rings. The van der Waals surface area contributed by atoms with E-state index in [1.807, 2.05) is 19.1 Å². The molecule has 0 saturated heterocycles. The molecule has 0 aliphatic heterocycles. The number of benzene rings is 1. The Morgan fingerprint density at radius 3 is 2.59 bits per heavy atom. The molecule has 1 atom stereocenters. The van der Waals surface area contributed by atoms with Gasteiger partial charge < -0.3 is 16.2 Å². The maximum atomic E-state index is 10.8. The Labute approximate surface area is 102 Å². The van der Waals surface area contributed by atoms with Gasteiger partial charge in [-0.15, -0.1) is 0 Å². The lowest BCUT2D eigenvalue weighted by Crippen LogP contribution is -2.41. The van der Waals surface area contributed by atoms with Gasteiger partial charge in [-0.1, -0.05) is 26.0 Å². The van der Waals surface area contributed by atoms with Crippen LogP contribution in [0.15, 0.2) is 18.2 Å². The number of carbonyl (C=O) groups is 1. The van der Waals surface area contributed by atoms with Crippen molar-refractivity contribution in [2.75, 3.05) is 6.61 Å². The van der Waals surface area contributed by atoms with E-state index in [2.05, 4.69) is 19.9 Å². The first kappa shape index (κ1) is 13.5. The minimum Gasteiger partial charge on any atom is -0.491 e. The van der Waals surface area contributed by atoms with E-state index in [1.165, 1.54) is 5.56 Å². The average molecular weight is 236 g/mol. The van der Waals surface area contributed by atoms with Gasteiger partial charge in [-0.25, -0.2) is 0 Å². The number of amides is 1. The molecule has 0 aromatic heterocycles. The molecule has 1 aromatic carbocycles. The maximum Gasteiger partial charge on any atom is 0.237 e. The van der Waals surface area contributed by atoms with Gasteiger partial charge in [0.1, 0.15) is 18.4 Å². The highest BCUT2D eigenvalue weighted by Crippen LogP contribution is 2.24. The van der Waals surface area contributed by atoms with Crippen LogP contribution in [0.5, 0.6) is 5.75 Å². The van der Waals surface area contributed by atoms with Crippen LogP contribution in [0.25, 0.3) is 0 Å². The Bertz CT molecular complexity index is 402. The third kappa shape index (κ3) is 3.75. The largest absolute Gasteiger partial charge is 0.491 e. The zero-order valence-electron chi connectivity index (χ0n) is 10.6. The monoisotopic (exact) mass is 236 g/mol. The summed E-state index contributed by atoms with van der Waals surface area (Å²) in [5.41, 5.74) is 12.8. The second kappa shape index (κ2) is 5.68. The number of primary amides is 1. The molecule has 1 aromatic rings. The summed E-state index contributed by atoms with van der Waals surface area (Å²) in [6.07, 6.45) is 0. The molecule has 0 radical (unpaired) electrons. The first-order valence-corrected chi connectivity index (χ1v) is 5.70. The summed E-state index contributed by atoms with van der Waals surface area (Å²) in [7, 11) is 0. The highest BCUT2D eigenvalue weighted by Gasteiger charge is 2.11. The van der Waals surface area contributed by atoms with Crippen molar-refractivity contribution in [3.63, 3.8) is 0 Å². The predicted octanol–water partition coefficient (Wildman–Crippen LogP) is 1.31. The minimum atomic E-state index is -0.767. The van der Waals surface area contributed by atoms with Gasteiger partial charge in [-0.2, -0.15) is 0 Å². The summed E-state index contributed by atoms with van der Waals surface area (Å²) in [6, 6.07) is 5.28. The van der Waals surface area contributed by atoms with E-state index in [-0.39, 0.29) is 6.61 Å². The minimum absolute atomic E-state index is 0.109. The highest BCUT2D eigenvalue weighted by molar-refractivity contribution is 5.79. The molecule has 1 rings (SSSR count). The van der Waals surface area contributed by atoms with Crippen LogP contribution in [-0.2, 0) is 4.79 Å². The molecular weight excluding hydrogens is 216 g/mol. The Morgan fingerprint density at radius 2 is 2.06 bits per heavy atom. The number of ether oxygens (including phenoxy) is 1. The van der Waals surface area contributed by atoms with Crippen molar-refractivity contribution in [2.45, 2.75) is 32.7 Å². The zero-order chi connectivity index (χ0) is 13.0. The van der Waals surface area contributed by atoms with Crippen LogP contribution >= 0.6 is 0 Å². The smallest absolute Gasteiger partial charge is 0.237 e. The summed E-state index contributed by atoms with van der Waals surface area (Å²) in [5.74, 6) is 0.637. The normalized spacial score (nSPS) is 12.5. The fraction of sp³-hybridized carbons (Fsp3) is 0.462. The molecule has 0 aliphatic carbocycles. The molecule has 0 aliphatic rings. The van der Waals surface area contributed by atoms with Crippen LogP contribution in [0.4, 0.5) is 0 Å². The summed E-state index contributed by atoms with van der Waals surface area (Å²) in [6.45, 7) is 6.29. The lowest BCUT2D eigenvalue weighted by atomic mass is 10.0. The number of rotatable bonds is 5. The summed E-state index contributed by atoms with van der Waals surface area (Å²) in [5, 5.41) is 0. The molecule has 0 saturated carbocycles. The number of aryl methyl sites for hydroxylation is 1. The van der Waals surface area contributed by atoms with Crippen LogP contribution in [0.3, 0.4) is 0 Å². The molecule has 4 N–H and O–H groups in total.